The number of nitrogens with one attached hydrogen (secondary N) is 2. The number of anilines is 2. The number of carbonyl (C=O) groups excluding carboxylic acids is 2. The van der Waals surface area contributed by atoms with E-state index >= 15 is 0 Å². The quantitative estimate of drug-likeness (QED) is 0.446. The Labute approximate surface area is 221 Å². The van der Waals surface area contributed by atoms with Gasteiger partial charge < -0.3 is 29.6 Å². The Morgan fingerprint density at radius 2 is 1.74 bits per heavy atom. The minimum Gasteiger partial charge on any atom is -0.497 e. The monoisotopic (exact) mass is 516 g/mol. The average Bonchev–Trinajstić information content (AvgIpc) is 2.93. The molecule has 2 N–H and O–H groups in total. The van der Waals surface area contributed by atoms with Crippen molar-refractivity contribution in [2.75, 3.05) is 50.7 Å². The molecule has 3 aromatic rings. The maximum Gasteiger partial charge on any atom is 0.255 e. The summed E-state index contributed by atoms with van der Waals surface area (Å²) in [5, 5.41) is 5.87. The standard InChI is InChI=1S/C29H32N4O5/c1-37-13-12-30-28(35)21-8-11-26(24(15-21)31-29(36)20-6-9-23(38-2)10-7-20)32-16-19-14-22(18-32)25-4-3-5-27(34)33(25)17-19/h3-11,15,19,22H,12-14,16-18H2,1-2H3,(H,30,35)(H,31,36)/t19-,22-/m0/s1. The van der Waals surface area contributed by atoms with E-state index in [1.54, 1.807) is 56.7 Å². The number of benzene rings is 2. The Balaban J connectivity index is 1.45. The highest BCUT2D eigenvalue weighted by atomic mass is 16.5. The van der Waals surface area contributed by atoms with Crippen LogP contribution < -0.4 is 25.8 Å². The number of carbonyl (C=O) groups is 2. The summed E-state index contributed by atoms with van der Waals surface area (Å²) in [6, 6.07) is 17.8. The average molecular weight is 517 g/mol. The molecule has 2 amide bonds. The molecule has 5 rings (SSSR count). The fourth-order valence-corrected chi connectivity index (χ4v) is 5.45. The first kappa shape index (κ1) is 25.5. The van der Waals surface area contributed by atoms with E-state index in [4.69, 9.17) is 9.47 Å². The summed E-state index contributed by atoms with van der Waals surface area (Å²) in [5.74, 6) is 0.663. The smallest absolute Gasteiger partial charge is 0.255 e. The number of fused-ring (bicyclic) bond motifs is 4. The van der Waals surface area contributed by atoms with E-state index < -0.39 is 0 Å². The molecular formula is C29H32N4O5. The molecule has 0 radical (unpaired) electrons. The summed E-state index contributed by atoms with van der Waals surface area (Å²) >= 11 is 0. The van der Waals surface area contributed by atoms with Crippen molar-refractivity contribution < 1.29 is 19.1 Å². The normalized spacial score (nSPS) is 17.9. The van der Waals surface area contributed by atoms with Crippen molar-refractivity contribution in [3.63, 3.8) is 0 Å². The van der Waals surface area contributed by atoms with Gasteiger partial charge in [0.2, 0.25) is 0 Å². The van der Waals surface area contributed by atoms with Crippen LogP contribution in [0.2, 0.25) is 0 Å². The zero-order valence-electron chi connectivity index (χ0n) is 21.6. The molecule has 2 aromatic carbocycles. The van der Waals surface area contributed by atoms with Crippen LogP contribution in [-0.4, -0.2) is 56.8 Å². The van der Waals surface area contributed by atoms with Gasteiger partial charge in [-0.2, -0.15) is 0 Å². The molecule has 38 heavy (non-hydrogen) atoms. The first-order valence-electron chi connectivity index (χ1n) is 12.8. The number of pyridine rings is 1. The van der Waals surface area contributed by atoms with Gasteiger partial charge in [0.25, 0.3) is 17.4 Å². The summed E-state index contributed by atoms with van der Waals surface area (Å²) in [7, 11) is 3.16. The number of hydrogen-bond acceptors (Lipinski definition) is 6. The lowest BCUT2D eigenvalue weighted by molar-refractivity contribution is 0.0936. The zero-order chi connectivity index (χ0) is 26.6. The number of hydrogen-bond donors (Lipinski definition) is 2. The van der Waals surface area contributed by atoms with Gasteiger partial charge in [-0.1, -0.05) is 6.07 Å². The lowest BCUT2D eigenvalue weighted by Gasteiger charge is -2.44. The van der Waals surface area contributed by atoms with Gasteiger partial charge in [0, 0.05) is 62.1 Å². The third-order valence-corrected chi connectivity index (χ3v) is 7.27. The van der Waals surface area contributed by atoms with Crippen molar-refractivity contribution in [3.05, 3.63) is 87.8 Å². The first-order chi connectivity index (χ1) is 18.5. The predicted molar refractivity (Wildman–Crippen MR) is 145 cm³/mol. The minimum atomic E-state index is -0.278. The Kier molecular flexibility index (Phi) is 7.46. The van der Waals surface area contributed by atoms with Crippen molar-refractivity contribution in [2.24, 2.45) is 5.92 Å². The molecule has 0 saturated carbocycles. The van der Waals surface area contributed by atoms with Gasteiger partial charge in [-0.3, -0.25) is 14.4 Å². The summed E-state index contributed by atoms with van der Waals surface area (Å²) in [5.41, 5.74) is 3.44. The minimum absolute atomic E-state index is 0.0435. The van der Waals surface area contributed by atoms with Crippen LogP contribution in [0, 0.1) is 5.92 Å². The number of piperidine rings is 1. The van der Waals surface area contributed by atoms with Gasteiger partial charge in [0.15, 0.2) is 0 Å². The summed E-state index contributed by atoms with van der Waals surface area (Å²) in [4.78, 5) is 40.7. The second-order valence-corrected chi connectivity index (χ2v) is 9.77. The molecule has 1 saturated heterocycles. The number of ether oxygens (including phenoxy) is 2. The zero-order valence-corrected chi connectivity index (χ0v) is 21.6. The van der Waals surface area contributed by atoms with E-state index in [1.165, 1.54) is 0 Å². The topological polar surface area (TPSA) is 102 Å². The molecule has 9 heteroatoms. The highest BCUT2D eigenvalue weighted by Gasteiger charge is 2.35. The molecule has 0 unspecified atom stereocenters. The van der Waals surface area contributed by atoms with E-state index in [9.17, 15) is 14.4 Å². The van der Waals surface area contributed by atoms with Gasteiger partial charge in [0.05, 0.1) is 25.1 Å². The van der Waals surface area contributed by atoms with Crippen molar-refractivity contribution in [3.8, 4) is 5.75 Å². The van der Waals surface area contributed by atoms with Crippen molar-refractivity contribution in [2.45, 2.75) is 18.9 Å². The number of nitrogens with zero attached hydrogens (tertiary/aromatic N) is 2. The Bertz CT molecular complexity index is 1380. The molecule has 2 aliphatic heterocycles. The van der Waals surface area contributed by atoms with Gasteiger partial charge >= 0.3 is 0 Å². The van der Waals surface area contributed by atoms with Crippen LogP contribution in [0.25, 0.3) is 0 Å². The molecule has 3 heterocycles. The van der Waals surface area contributed by atoms with Gasteiger partial charge in [-0.25, -0.2) is 0 Å². The van der Waals surface area contributed by atoms with Crippen LogP contribution in [-0.2, 0) is 11.3 Å². The number of aromatic nitrogens is 1. The Morgan fingerprint density at radius 3 is 2.50 bits per heavy atom. The summed E-state index contributed by atoms with van der Waals surface area (Å²) in [6.45, 7) is 2.94. The second-order valence-electron chi connectivity index (χ2n) is 9.77. The number of amides is 2. The predicted octanol–water partition coefficient (Wildman–Crippen LogP) is 3.11. The van der Waals surface area contributed by atoms with Crippen LogP contribution in [0.4, 0.5) is 11.4 Å². The summed E-state index contributed by atoms with van der Waals surface area (Å²) in [6.07, 6.45) is 1.02. The van der Waals surface area contributed by atoms with E-state index in [-0.39, 0.29) is 23.3 Å². The number of rotatable bonds is 8. The maximum atomic E-state index is 13.2. The second kappa shape index (κ2) is 11.1. The van der Waals surface area contributed by atoms with Gasteiger partial charge in [0.1, 0.15) is 5.75 Å². The third kappa shape index (κ3) is 5.28. The summed E-state index contributed by atoms with van der Waals surface area (Å²) < 4.78 is 12.1. The Hall–Kier alpha value is -4.11. The molecule has 198 valence electrons. The van der Waals surface area contributed by atoms with Gasteiger partial charge in [-0.15, -0.1) is 0 Å². The largest absolute Gasteiger partial charge is 0.497 e. The van der Waals surface area contributed by atoms with E-state index in [1.807, 2.05) is 22.8 Å². The highest BCUT2D eigenvalue weighted by molar-refractivity contribution is 6.07. The van der Waals surface area contributed by atoms with Crippen LogP contribution in [0.3, 0.4) is 0 Å². The maximum absolute atomic E-state index is 13.2. The van der Waals surface area contributed by atoms with Crippen LogP contribution in [0.15, 0.2) is 65.5 Å². The molecule has 1 aromatic heterocycles. The third-order valence-electron chi connectivity index (χ3n) is 7.27. The molecule has 2 atom stereocenters. The van der Waals surface area contributed by atoms with Crippen molar-refractivity contribution in [1.29, 1.82) is 0 Å². The highest BCUT2D eigenvalue weighted by Crippen LogP contribution is 2.39. The van der Waals surface area contributed by atoms with Crippen LogP contribution >= 0.6 is 0 Å². The van der Waals surface area contributed by atoms with Crippen molar-refractivity contribution >= 4 is 23.2 Å². The van der Waals surface area contributed by atoms with E-state index in [0.717, 1.165) is 24.3 Å². The van der Waals surface area contributed by atoms with Crippen LogP contribution in [0.5, 0.6) is 5.75 Å². The Morgan fingerprint density at radius 1 is 0.947 bits per heavy atom. The first-order valence-corrected chi connectivity index (χ1v) is 12.8. The fourth-order valence-electron chi connectivity index (χ4n) is 5.45. The fraction of sp³-hybridized carbons (Fsp3) is 0.345. The lowest BCUT2D eigenvalue weighted by Crippen LogP contribution is -2.47. The van der Waals surface area contributed by atoms with Crippen molar-refractivity contribution in [1.82, 2.24) is 9.88 Å². The number of methoxy groups -OCH3 is 2. The molecule has 2 aliphatic rings. The molecule has 9 nitrogen and oxygen atoms in total. The van der Waals surface area contributed by atoms with Crippen LogP contribution in [0.1, 0.15) is 38.7 Å². The van der Waals surface area contributed by atoms with Gasteiger partial charge in [-0.05, 0) is 60.9 Å². The van der Waals surface area contributed by atoms with E-state index in [0.29, 0.717) is 54.7 Å². The molecule has 0 aliphatic carbocycles. The molecular weight excluding hydrogens is 484 g/mol. The molecule has 1 fully saturated rings. The molecule has 2 bridgehead atoms. The molecule has 0 spiro atoms. The van der Waals surface area contributed by atoms with E-state index in [2.05, 4.69) is 15.5 Å². The lowest BCUT2D eigenvalue weighted by atomic mass is 9.83. The SMILES string of the molecule is COCCNC(=O)c1ccc(N2C[C@@H]3C[C@@H](C2)c2cccc(=O)n2C3)c(NC(=O)c2ccc(OC)cc2)c1.